The van der Waals surface area contributed by atoms with Crippen molar-refractivity contribution < 1.29 is 6.85 Å². The molecule has 0 aliphatic carbocycles. The van der Waals surface area contributed by atoms with Crippen LogP contribution in [0.3, 0.4) is 0 Å². The molecule has 0 amide bonds. The molecule has 7 rings (SSSR count). The maximum atomic E-state index is 8.69. The fraction of sp³-hybridized carbons (Fsp3) is 0. The average Bonchev–Trinajstić information content (AvgIpc) is 3.26. The first-order valence-corrected chi connectivity index (χ1v) is 10.7. The molecule has 0 unspecified atom stereocenters. The summed E-state index contributed by atoms with van der Waals surface area (Å²) in [5, 5.41) is 4.22. The van der Waals surface area contributed by atoms with E-state index < -0.39 is 18.1 Å². The van der Waals surface area contributed by atoms with Crippen LogP contribution < -0.4 is 0 Å². The molecule has 0 atom stereocenters. The van der Waals surface area contributed by atoms with E-state index in [4.69, 9.17) is 16.8 Å². The van der Waals surface area contributed by atoms with E-state index in [0.29, 0.717) is 16.9 Å². The number of hydrogen-bond acceptors (Lipinski definition) is 2. The van der Waals surface area contributed by atoms with Gasteiger partial charge in [0.15, 0.2) is 5.82 Å². The van der Waals surface area contributed by atoms with Crippen LogP contribution in [0.25, 0.3) is 60.7 Å². The summed E-state index contributed by atoms with van der Waals surface area (Å²) in [5.41, 5.74) is 3.25. The van der Waals surface area contributed by atoms with Crippen molar-refractivity contribution in [3.63, 3.8) is 0 Å². The molecule has 154 valence electrons. The molecule has 5 aromatic carbocycles. The summed E-state index contributed by atoms with van der Waals surface area (Å²) in [6.07, 6.45) is 0. The van der Waals surface area contributed by atoms with E-state index in [-0.39, 0.29) is 23.3 Å². The summed E-state index contributed by atoms with van der Waals surface area (Å²) in [6, 6.07) is 25.9. The minimum atomic E-state index is -0.442. The highest BCUT2D eigenvalue weighted by Crippen LogP contribution is 2.37. The molecule has 0 radical (unpaired) electrons. The van der Waals surface area contributed by atoms with E-state index in [1.807, 2.05) is 59.2 Å². The second kappa shape index (κ2) is 7.01. The highest BCUT2D eigenvalue weighted by Gasteiger charge is 2.19. The lowest BCUT2D eigenvalue weighted by atomic mass is 10.1. The molecule has 0 bridgehead atoms. The lowest BCUT2D eigenvalue weighted by Gasteiger charge is -2.14. The third kappa shape index (κ3) is 2.76. The summed E-state index contributed by atoms with van der Waals surface area (Å²) in [4.78, 5) is 9.86. The number of nitrogens with zero attached hydrogens (tertiary/aromatic N) is 3. The van der Waals surface area contributed by atoms with Crippen molar-refractivity contribution in [1.29, 1.82) is 0 Å². The Balaban J connectivity index is 1.70. The van der Waals surface area contributed by atoms with Crippen LogP contribution in [-0.2, 0) is 0 Å². The quantitative estimate of drug-likeness (QED) is 0.286. The van der Waals surface area contributed by atoms with Crippen molar-refractivity contribution in [3.05, 3.63) is 115 Å². The normalized spacial score (nSPS) is 13.8. The summed E-state index contributed by atoms with van der Waals surface area (Å²) < 4.78 is 44.0. The van der Waals surface area contributed by atoms with Crippen LogP contribution in [0.2, 0.25) is 0 Å². The number of rotatable bonds is 2. The van der Waals surface area contributed by atoms with Gasteiger partial charge in [-0.05, 0) is 41.1 Å². The number of fused-ring (bicyclic) bond motifs is 5. The highest BCUT2D eigenvalue weighted by molar-refractivity contribution is 6.13. The van der Waals surface area contributed by atoms with Gasteiger partial charge >= 0.3 is 0 Å². The SMILES string of the molecule is [2H]c1c([2H])c([2H])c(-c2nc3ccccc3nc2-n2c3ccccc3c3cc4ccccc4cc32)c([2H])c1[2H]. The molecule has 7 aromatic rings. The maximum absolute atomic E-state index is 8.69. The monoisotopic (exact) mass is 426 g/mol. The van der Waals surface area contributed by atoms with Crippen LogP contribution in [0.15, 0.2) is 115 Å². The van der Waals surface area contributed by atoms with Crippen LogP contribution in [0, 0.1) is 0 Å². The molecule has 0 aliphatic rings. The molecule has 0 saturated carbocycles. The van der Waals surface area contributed by atoms with Crippen molar-refractivity contribution in [3.8, 4) is 17.1 Å². The zero-order chi connectivity index (χ0) is 26.1. The Kier molecular flexibility index (Phi) is 2.93. The fourth-order valence-electron chi connectivity index (χ4n) is 4.57. The Morgan fingerprint density at radius 3 is 2.09 bits per heavy atom. The maximum Gasteiger partial charge on any atom is 0.165 e. The van der Waals surface area contributed by atoms with E-state index in [0.717, 1.165) is 32.6 Å². The Hall–Kier alpha value is -4.50. The van der Waals surface area contributed by atoms with Crippen molar-refractivity contribution in [1.82, 2.24) is 14.5 Å². The first-order valence-electron chi connectivity index (χ1n) is 13.2. The Labute approximate surface area is 197 Å². The van der Waals surface area contributed by atoms with E-state index in [9.17, 15) is 0 Å². The smallest absolute Gasteiger partial charge is 0.165 e. The van der Waals surface area contributed by atoms with E-state index in [1.54, 1.807) is 0 Å². The van der Waals surface area contributed by atoms with Gasteiger partial charge in [-0.15, -0.1) is 0 Å². The highest BCUT2D eigenvalue weighted by atomic mass is 15.1. The third-order valence-corrected chi connectivity index (χ3v) is 6.04. The van der Waals surface area contributed by atoms with Gasteiger partial charge < -0.3 is 0 Å². The molecular weight excluding hydrogens is 402 g/mol. The largest absolute Gasteiger partial charge is 0.292 e. The van der Waals surface area contributed by atoms with Crippen LogP contribution in [0.1, 0.15) is 6.85 Å². The third-order valence-electron chi connectivity index (χ3n) is 6.04. The number of para-hydroxylation sites is 3. The molecule has 33 heavy (non-hydrogen) atoms. The van der Waals surface area contributed by atoms with Crippen LogP contribution in [0.5, 0.6) is 0 Å². The topological polar surface area (TPSA) is 30.7 Å². The minimum Gasteiger partial charge on any atom is -0.292 e. The molecule has 0 spiro atoms. The van der Waals surface area contributed by atoms with Gasteiger partial charge in [0.05, 0.1) is 28.9 Å². The molecule has 0 N–H and O–H groups in total. The van der Waals surface area contributed by atoms with Crippen molar-refractivity contribution in [2.75, 3.05) is 0 Å². The van der Waals surface area contributed by atoms with E-state index in [2.05, 4.69) is 30.3 Å². The van der Waals surface area contributed by atoms with Crippen LogP contribution in [0.4, 0.5) is 0 Å². The van der Waals surface area contributed by atoms with E-state index >= 15 is 0 Å². The first kappa shape index (κ1) is 13.8. The molecule has 3 heteroatoms. The average molecular weight is 427 g/mol. The van der Waals surface area contributed by atoms with Gasteiger partial charge in [0.25, 0.3) is 0 Å². The summed E-state index contributed by atoms with van der Waals surface area (Å²) in [5.74, 6) is 0.406. The molecular formula is C30H19N3. The summed E-state index contributed by atoms with van der Waals surface area (Å²) >= 11 is 0. The lowest BCUT2D eigenvalue weighted by Crippen LogP contribution is -2.03. The fourth-order valence-corrected chi connectivity index (χ4v) is 4.57. The Morgan fingerprint density at radius 1 is 0.606 bits per heavy atom. The van der Waals surface area contributed by atoms with Gasteiger partial charge in [0.2, 0.25) is 0 Å². The van der Waals surface area contributed by atoms with Gasteiger partial charge in [-0.25, -0.2) is 9.97 Å². The van der Waals surface area contributed by atoms with Gasteiger partial charge in [0.1, 0.15) is 5.69 Å². The summed E-state index contributed by atoms with van der Waals surface area (Å²) in [6.45, 7) is 0. The summed E-state index contributed by atoms with van der Waals surface area (Å²) in [7, 11) is 0. The van der Waals surface area contributed by atoms with Gasteiger partial charge in [-0.3, -0.25) is 4.57 Å². The molecule has 0 saturated heterocycles. The molecule has 2 heterocycles. The van der Waals surface area contributed by atoms with Crippen molar-refractivity contribution in [2.45, 2.75) is 0 Å². The minimum absolute atomic E-state index is 0.0240. The molecule has 3 nitrogen and oxygen atoms in total. The van der Waals surface area contributed by atoms with Crippen molar-refractivity contribution >= 4 is 43.6 Å². The predicted molar refractivity (Wildman–Crippen MR) is 137 cm³/mol. The number of hydrogen-bond donors (Lipinski definition) is 0. The Bertz CT molecular complexity index is 2070. The predicted octanol–water partition coefficient (Wildman–Crippen LogP) is 7.55. The zero-order valence-corrected chi connectivity index (χ0v) is 17.4. The van der Waals surface area contributed by atoms with E-state index in [1.165, 1.54) is 0 Å². The second-order valence-corrected chi connectivity index (χ2v) is 7.95. The van der Waals surface area contributed by atoms with Gasteiger partial charge in [-0.1, -0.05) is 84.8 Å². The van der Waals surface area contributed by atoms with Crippen molar-refractivity contribution in [2.24, 2.45) is 0 Å². The van der Waals surface area contributed by atoms with Crippen LogP contribution >= 0.6 is 0 Å². The zero-order valence-electron chi connectivity index (χ0n) is 22.4. The number of aromatic nitrogens is 3. The standard InChI is InChI=1S/C30H19N3/c1-2-10-20(11-3-1)29-30(32-26-16-8-7-15-25(26)31-29)33-27-17-9-6-14-23(27)24-18-21-12-4-5-13-22(21)19-28(24)33/h1-19H/i1D,2D,3D,10D,11D. The molecule has 0 fully saturated rings. The van der Waals surface area contributed by atoms with Gasteiger partial charge in [-0.2, -0.15) is 0 Å². The Morgan fingerprint density at radius 2 is 1.27 bits per heavy atom. The number of benzene rings is 5. The van der Waals surface area contributed by atoms with Crippen LogP contribution in [-0.4, -0.2) is 14.5 Å². The first-order chi connectivity index (χ1) is 18.4. The molecule has 0 aliphatic heterocycles. The molecule has 2 aromatic heterocycles. The lowest BCUT2D eigenvalue weighted by molar-refractivity contribution is 1.08. The van der Waals surface area contributed by atoms with Gasteiger partial charge in [0, 0.05) is 16.3 Å². The second-order valence-electron chi connectivity index (χ2n) is 7.95.